The average Bonchev–Trinajstić information content (AvgIpc) is 2.66. The topological polar surface area (TPSA) is 201 Å². The van der Waals surface area contributed by atoms with Crippen LogP contribution in [0.4, 0.5) is 0 Å². The maximum absolute atomic E-state index is 11.8. The Hall–Kier alpha value is -1.08. The molecule has 2 atom stereocenters. The third-order valence-corrected chi connectivity index (χ3v) is 4.09. The van der Waals surface area contributed by atoms with E-state index in [9.17, 15) is 19.8 Å². The Morgan fingerprint density at radius 3 is 2.12 bits per heavy atom. The first-order valence-corrected chi connectivity index (χ1v) is 10.3. The van der Waals surface area contributed by atoms with Gasteiger partial charge in [0, 0.05) is 13.1 Å². The Bertz CT molecular complexity index is 487. The van der Waals surface area contributed by atoms with Crippen LogP contribution < -0.4 is 33.2 Å². The predicted octanol–water partition coefficient (Wildman–Crippen LogP) is -0.894. The third-order valence-electron chi connectivity index (χ3n) is 4.09. The molecule has 0 spiro atoms. The number of rotatable bonds is 18. The van der Waals surface area contributed by atoms with E-state index in [1.54, 1.807) is 0 Å². The Morgan fingerprint density at radius 1 is 0.875 bits per heavy atom. The first-order valence-electron chi connectivity index (χ1n) is 10.3. The summed E-state index contributed by atoms with van der Waals surface area (Å²) in [5.41, 5.74) is 15.8. The van der Waals surface area contributed by atoms with Gasteiger partial charge in [0.2, 0.25) is 12.1 Å². The van der Waals surface area contributed by atoms with E-state index in [1.165, 1.54) is 0 Å². The van der Waals surface area contributed by atoms with E-state index in [4.69, 9.17) is 17.2 Å². The van der Waals surface area contributed by atoms with Gasteiger partial charge in [0.15, 0.2) is 5.96 Å². The van der Waals surface area contributed by atoms with Crippen LogP contribution in [0.2, 0.25) is 0 Å². The smallest absolute Gasteiger partial charge is 0.269 e. The van der Waals surface area contributed by atoms with Gasteiger partial charge in [0.25, 0.3) is 5.91 Å². The van der Waals surface area contributed by atoms with Crippen LogP contribution in [0.25, 0.3) is 0 Å². The summed E-state index contributed by atoms with van der Waals surface area (Å²) in [5, 5.41) is 27.6. The minimum atomic E-state index is -1.63. The van der Waals surface area contributed by atoms with Gasteiger partial charge < -0.3 is 43.4 Å². The van der Waals surface area contributed by atoms with E-state index < -0.39 is 24.1 Å². The van der Waals surface area contributed by atoms with Gasteiger partial charge in [-0.05, 0) is 51.7 Å². The summed E-state index contributed by atoms with van der Waals surface area (Å²) in [6.45, 7) is 3.31. The fourth-order valence-electron chi connectivity index (χ4n) is 2.51. The quantitative estimate of drug-likeness (QED) is 0.0486. The van der Waals surface area contributed by atoms with E-state index in [-0.39, 0.29) is 49.6 Å². The van der Waals surface area contributed by atoms with Crippen LogP contribution in [0.1, 0.15) is 51.4 Å². The largest absolute Gasteiger partial charge is 0.393 e. The fourth-order valence-corrected chi connectivity index (χ4v) is 2.51. The maximum atomic E-state index is 11.8. The van der Waals surface area contributed by atoms with Crippen LogP contribution in [0.15, 0.2) is 4.99 Å². The molecule has 0 aromatic heterocycles. The molecule has 32 heavy (non-hydrogen) atoms. The molecule has 0 radical (unpaired) electrons. The van der Waals surface area contributed by atoms with Gasteiger partial charge in [-0.15, -0.1) is 37.2 Å². The van der Waals surface area contributed by atoms with Crippen molar-refractivity contribution in [2.24, 2.45) is 22.2 Å². The maximum Gasteiger partial charge on any atom is 0.269 e. The Balaban J connectivity index is -0.00000131. The highest BCUT2D eigenvalue weighted by Gasteiger charge is 2.18. The van der Waals surface area contributed by atoms with Crippen LogP contribution in [-0.2, 0) is 9.59 Å². The van der Waals surface area contributed by atoms with Gasteiger partial charge in [-0.3, -0.25) is 14.6 Å². The molecule has 11 nitrogen and oxygen atoms in total. The second kappa shape index (κ2) is 26.2. The minimum Gasteiger partial charge on any atom is -0.393 e. The molecule has 0 saturated carbocycles. The van der Waals surface area contributed by atoms with E-state index in [1.807, 2.05) is 0 Å². The van der Waals surface area contributed by atoms with E-state index in [2.05, 4.69) is 20.9 Å². The number of aliphatic hydroxyl groups is 2. The molecule has 0 aliphatic rings. The van der Waals surface area contributed by atoms with Crippen molar-refractivity contribution in [3.8, 4) is 0 Å². The number of halogens is 3. The summed E-state index contributed by atoms with van der Waals surface area (Å²) in [6.07, 6.45) is 2.70. The van der Waals surface area contributed by atoms with E-state index in [0.29, 0.717) is 26.1 Å². The summed E-state index contributed by atoms with van der Waals surface area (Å²) in [6, 6.07) is 0. The van der Waals surface area contributed by atoms with E-state index in [0.717, 1.165) is 51.6 Å². The molecule has 0 heterocycles. The molecule has 0 aliphatic carbocycles. The number of carbonyl (C=O) groups excluding carboxylic acids is 2. The Kier molecular flexibility index (Phi) is 31.2. The number of nitrogens with two attached hydrogens (primary N) is 3. The summed E-state index contributed by atoms with van der Waals surface area (Å²) in [4.78, 5) is 27.4. The predicted molar refractivity (Wildman–Crippen MR) is 134 cm³/mol. The molecule has 0 aliphatic heterocycles. The van der Waals surface area contributed by atoms with Gasteiger partial charge >= 0.3 is 0 Å². The number of nitrogens with one attached hydrogen (secondary N) is 3. The molecule has 2 amide bonds. The van der Waals surface area contributed by atoms with E-state index >= 15 is 0 Å². The summed E-state index contributed by atoms with van der Waals surface area (Å²) >= 11 is 0. The number of nitrogens with zero attached hydrogens (tertiary/aromatic N) is 1. The molecule has 14 heteroatoms. The lowest BCUT2D eigenvalue weighted by atomic mass is 10.1. The van der Waals surface area contributed by atoms with Crippen molar-refractivity contribution >= 4 is 55.0 Å². The number of amides is 2. The van der Waals surface area contributed by atoms with Crippen molar-refractivity contribution in [1.29, 1.82) is 0 Å². The average molecular weight is 527 g/mol. The van der Waals surface area contributed by atoms with Crippen molar-refractivity contribution < 1.29 is 19.8 Å². The monoisotopic (exact) mass is 525 g/mol. The van der Waals surface area contributed by atoms with Crippen LogP contribution >= 0.6 is 37.2 Å². The van der Waals surface area contributed by atoms with Crippen molar-refractivity contribution in [1.82, 2.24) is 16.0 Å². The molecular weight excluding hydrogens is 485 g/mol. The molecular formula is C18H42Cl3N7O4. The summed E-state index contributed by atoms with van der Waals surface area (Å²) < 4.78 is 0. The number of carbonyl (C=O) groups is 2. The minimum absolute atomic E-state index is 0. The van der Waals surface area contributed by atoms with Crippen molar-refractivity contribution in [2.45, 2.75) is 63.7 Å². The zero-order valence-corrected chi connectivity index (χ0v) is 20.9. The number of unbranched alkanes of at least 4 members (excludes halogenated alkanes) is 3. The Labute approximate surface area is 209 Å². The normalized spacial score (nSPS) is 11.6. The highest BCUT2D eigenvalue weighted by atomic mass is 35.5. The highest BCUT2D eigenvalue weighted by molar-refractivity contribution is 5.86. The SMILES string of the molecule is Cl.Cl.Cl.NCCCNCCCCNC(=O)C(O)NC(=O)CC(O)CCCCCN=C(N)N. The molecule has 0 rings (SSSR count). The number of hydrogen-bond donors (Lipinski definition) is 8. The van der Waals surface area contributed by atoms with Gasteiger partial charge in [-0.25, -0.2) is 0 Å². The van der Waals surface area contributed by atoms with Gasteiger partial charge in [0.1, 0.15) is 0 Å². The lowest BCUT2D eigenvalue weighted by Crippen LogP contribution is -2.47. The lowest BCUT2D eigenvalue weighted by Gasteiger charge is -2.15. The second-order valence-corrected chi connectivity index (χ2v) is 6.87. The summed E-state index contributed by atoms with van der Waals surface area (Å²) in [7, 11) is 0. The van der Waals surface area contributed by atoms with Crippen LogP contribution in [0.3, 0.4) is 0 Å². The third kappa shape index (κ3) is 25.2. The standard InChI is InChI=1S/C18H39N7O4.3ClH/c19-8-6-10-22-9-4-5-11-23-16(28)17(29)25-15(27)13-14(26)7-2-1-3-12-24-18(20)21;;;/h14,17,22,26,29H,1-13,19H2,(H,23,28)(H,25,27)(H4,20,21,24);3*1H. The fraction of sp³-hybridized carbons (Fsp3) is 0.833. The molecule has 0 aromatic carbocycles. The van der Waals surface area contributed by atoms with Crippen LogP contribution in [0, 0.1) is 0 Å². The molecule has 194 valence electrons. The van der Waals surface area contributed by atoms with Crippen molar-refractivity contribution in [3.63, 3.8) is 0 Å². The number of aliphatic hydroxyl groups excluding tert-OH is 2. The molecule has 11 N–H and O–H groups in total. The molecule has 0 fully saturated rings. The van der Waals surface area contributed by atoms with Crippen LogP contribution in [0.5, 0.6) is 0 Å². The lowest BCUT2D eigenvalue weighted by molar-refractivity contribution is -0.137. The van der Waals surface area contributed by atoms with Gasteiger partial charge in [-0.1, -0.05) is 12.8 Å². The van der Waals surface area contributed by atoms with Gasteiger partial charge in [-0.2, -0.15) is 0 Å². The zero-order valence-electron chi connectivity index (χ0n) is 18.5. The highest BCUT2D eigenvalue weighted by Crippen LogP contribution is 2.07. The molecule has 2 unspecified atom stereocenters. The first kappa shape index (κ1) is 38.2. The molecule has 0 bridgehead atoms. The zero-order chi connectivity index (χ0) is 21.9. The number of guanidine groups is 1. The number of aliphatic imine (C=N–C) groups is 1. The van der Waals surface area contributed by atoms with Crippen molar-refractivity contribution in [2.75, 3.05) is 32.7 Å². The molecule has 0 saturated heterocycles. The van der Waals surface area contributed by atoms with Crippen molar-refractivity contribution in [3.05, 3.63) is 0 Å². The molecule has 0 aromatic rings. The second-order valence-electron chi connectivity index (χ2n) is 6.87. The number of hydrogen-bond acceptors (Lipinski definition) is 7. The van der Waals surface area contributed by atoms with Gasteiger partial charge in [0.05, 0.1) is 12.5 Å². The first-order chi connectivity index (χ1) is 13.9. The summed E-state index contributed by atoms with van der Waals surface area (Å²) in [5.74, 6) is -1.19. The Morgan fingerprint density at radius 2 is 1.50 bits per heavy atom. The van der Waals surface area contributed by atoms with Crippen LogP contribution in [-0.4, -0.2) is 73.0 Å².